The molecular formula is C15H27O7PS2. The molecule has 0 bridgehead atoms. The van der Waals surface area contributed by atoms with Crippen molar-refractivity contribution in [2.24, 2.45) is 0 Å². The van der Waals surface area contributed by atoms with Crippen molar-refractivity contribution >= 4 is 36.9 Å². The Labute approximate surface area is 157 Å². The van der Waals surface area contributed by atoms with Crippen LogP contribution in [0.5, 0.6) is 0 Å². The molecule has 3 atom stereocenters. The van der Waals surface area contributed by atoms with Crippen LogP contribution in [-0.4, -0.2) is 73.5 Å². The van der Waals surface area contributed by atoms with Crippen LogP contribution in [0, 0.1) is 0 Å². The van der Waals surface area contributed by atoms with Gasteiger partial charge in [-0.3, -0.25) is 9.36 Å². The van der Waals surface area contributed by atoms with Crippen molar-refractivity contribution in [3.63, 3.8) is 0 Å². The third kappa shape index (κ3) is 5.45. The molecule has 146 valence electrons. The summed E-state index contributed by atoms with van der Waals surface area (Å²) in [5, 5.41) is 0. The minimum atomic E-state index is -3.47. The van der Waals surface area contributed by atoms with E-state index in [9.17, 15) is 9.36 Å². The molecule has 7 nitrogen and oxygen atoms in total. The maximum atomic E-state index is 12.8. The molecule has 0 aromatic heterocycles. The second-order valence-electron chi connectivity index (χ2n) is 6.29. The first-order valence-electron chi connectivity index (χ1n) is 8.10. The van der Waals surface area contributed by atoms with Crippen molar-refractivity contribution < 1.29 is 32.6 Å². The molecule has 2 heterocycles. The first-order chi connectivity index (χ1) is 11.7. The lowest BCUT2D eigenvalue weighted by Gasteiger charge is -2.33. The van der Waals surface area contributed by atoms with E-state index in [2.05, 4.69) is 0 Å². The summed E-state index contributed by atoms with van der Waals surface area (Å²) in [5.74, 6) is 0.816. The van der Waals surface area contributed by atoms with Crippen molar-refractivity contribution in [2.45, 2.75) is 48.9 Å². The summed E-state index contributed by atoms with van der Waals surface area (Å²) >= 11 is 3.61. The molecule has 0 spiro atoms. The average Bonchev–Trinajstić information content (AvgIpc) is 2.92. The summed E-state index contributed by atoms with van der Waals surface area (Å²) < 4.78 is 39.8. The van der Waals surface area contributed by atoms with Gasteiger partial charge in [-0.15, -0.1) is 23.5 Å². The van der Waals surface area contributed by atoms with Crippen molar-refractivity contribution in [1.29, 1.82) is 0 Å². The maximum absolute atomic E-state index is 12.8. The van der Waals surface area contributed by atoms with Gasteiger partial charge in [0.2, 0.25) is 0 Å². The first-order valence-corrected chi connectivity index (χ1v) is 11.9. The smallest absolute Gasteiger partial charge is 0.337 e. The molecule has 0 N–H and O–H groups in total. The summed E-state index contributed by atoms with van der Waals surface area (Å²) in [6, 6.07) is 0. The molecule has 2 fully saturated rings. The van der Waals surface area contributed by atoms with Gasteiger partial charge in [0.1, 0.15) is 24.5 Å². The fourth-order valence-electron chi connectivity index (χ4n) is 2.86. The summed E-state index contributed by atoms with van der Waals surface area (Å²) in [4.78, 5) is 12.8. The van der Waals surface area contributed by atoms with Gasteiger partial charge in [-0.1, -0.05) is 0 Å². The monoisotopic (exact) mass is 414 g/mol. The highest BCUT2D eigenvalue weighted by atomic mass is 32.2. The van der Waals surface area contributed by atoms with Gasteiger partial charge in [-0.2, -0.15) is 0 Å². The number of thioether (sulfide) groups is 2. The number of hydrogen-bond donors (Lipinski definition) is 0. The molecule has 10 heteroatoms. The molecule has 2 aliphatic rings. The van der Waals surface area contributed by atoms with E-state index in [-0.39, 0.29) is 22.6 Å². The van der Waals surface area contributed by atoms with E-state index < -0.39 is 25.6 Å². The first kappa shape index (κ1) is 21.7. The van der Waals surface area contributed by atoms with Crippen molar-refractivity contribution in [3.05, 3.63) is 0 Å². The van der Waals surface area contributed by atoms with Gasteiger partial charge >= 0.3 is 7.60 Å². The Bertz CT molecular complexity index is 502. The Hall–Kier alpha value is 0.400. The predicted molar refractivity (Wildman–Crippen MR) is 99.4 cm³/mol. The number of rotatable bonds is 8. The molecule has 0 unspecified atom stereocenters. The zero-order chi connectivity index (χ0) is 18.7. The van der Waals surface area contributed by atoms with Crippen molar-refractivity contribution in [3.8, 4) is 0 Å². The van der Waals surface area contributed by atoms with Crippen LogP contribution in [0.3, 0.4) is 0 Å². The molecule has 0 aliphatic carbocycles. The summed E-state index contributed by atoms with van der Waals surface area (Å²) in [6.07, 6.45) is -0.958. The third-order valence-electron chi connectivity index (χ3n) is 4.07. The highest BCUT2D eigenvalue weighted by molar-refractivity contribution is 8.17. The molecular weight excluding hydrogens is 387 g/mol. The second-order valence-corrected chi connectivity index (χ2v) is 11.4. The summed E-state index contributed by atoms with van der Waals surface area (Å²) in [5.41, 5.74) is 0. The third-order valence-corrected chi connectivity index (χ3v) is 8.94. The quantitative estimate of drug-likeness (QED) is 0.557. The van der Waals surface area contributed by atoms with Crippen LogP contribution in [0.15, 0.2) is 0 Å². The number of carbonyl (C=O) groups is 1. The van der Waals surface area contributed by atoms with Gasteiger partial charge in [0.05, 0.1) is 4.58 Å². The number of carbonyl (C=O) groups excluding carboxylic acids is 1. The lowest BCUT2D eigenvalue weighted by Crippen LogP contribution is -2.46. The normalized spacial score (nSPS) is 28.8. The molecule has 0 aromatic carbocycles. The van der Waals surface area contributed by atoms with E-state index in [1.165, 1.54) is 14.2 Å². The van der Waals surface area contributed by atoms with Gasteiger partial charge in [-0.25, -0.2) is 0 Å². The Morgan fingerprint density at radius 1 is 1.20 bits per heavy atom. The molecule has 0 radical (unpaired) electrons. The zero-order valence-corrected chi connectivity index (χ0v) is 17.8. The maximum Gasteiger partial charge on any atom is 0.337 e. The number of methoxy groups -OCH3 is 1. The fourth-order valence-corrected chi connectivity index (χ4v) is 6.97. The molecule has 2 saturated heterocycles. The van der Waals surface area contributed by atoms with Crippen LogP contribution in [0.4, 0.5) is 0 Å². The molecule has 2 rings (SSSR count). The van der Waals surface area contributed by atoms with Crippen LogP contribution in [0.2, 0.25) is 0 Å². The Morgan fingerprint density at radius 3 is 2.32 bits per heavy atom. The highest BCUT2D eigenvalue weighted by Crippen LogP contribution is 2.48. The van der Waals surface area contributed by atoms with E-state index in [0.29, 0.717) is 0 Å². The van der Waals surface area contributed by atoms with Crippen molar-refractivity contribution in [1.82, 2.24) is 0 Å². The fraction of sp³-hybridized carbons (Fsp3) is 0.933. The molecule has 0 amide bonds. The van der Waals surface area contributed by atoms with Crippen molar-refractivity contribution in [2.75, 3.05) is 39.0 Å². The molecule has 0 aromatic rings. The van der Waals surface area contributed by atoms with Crippen LogP contribution in [0.25, 0.3) is 0 Å². The Morgan fingerprint density at radius 2 is 1.80 bits per heavy atom. The second kappa shape index (κ2) is 9.06. The Kier molecular flexibility index (Phi) is 7.86. The van der Waals surface area contributed by atoms with Crippen LogP contribution in [0.1, 0.15) is 20.3 Å². The van der Waals surface area contributed by atoms with E-state index in [4.69, 9.17) is 23.3 Å². The minimum absolute atomic E-state index is 0.160. The number of hydrogen-bond acceptors (Lipinski definition) is 9. The lowest BCUT2D eigenvalue weighted by atomic mass is 10.1. The molecule has 0 saturated carbocycles. The van der Waals surface area contributed by atoms with Crippen LogP contribution < -0.4 is 0 Å². The predicted octanol–water partition coefficient (Wildman–Crippen LogP) is 2.77. The average molecular weight is 414 g/mol. The van der Waals surface area contributed by atoms with Gasteiger partial charge in [0.25, 0.3) is 0 Å². The van der Waals surface area contributed by atoms with E-state index in [1.807, 2.05) is 0 Å². The highest BCUT2D eigenvalue weighted by Gasteiger charge is 2.52. The van der Waals surface area contributed by atoms with Crippen LogP contribution >= 0.6 is 31.1 Å². The number of ketones is 1. The zero-order valence-electron chi connectivity index (χ0n) is 15.3. The van der Waals surface area contributed by atoms with Crippen LogP contribution in [-0.2, 0) is 32.6 Å². The largest absolute Gasteiger partial charge is 0.377 e. The minimum Gasteiger partial charge on any atom is -0.377 e. The molecule has 25 heavy (non-hydrogen) atoms. The number of Topliss-reactive ketones (excluding diaryl/α,β-unsaturated/α-hetero) is 1. The van der Waals surface area contributed by atoms with E-state index in [1.54, 1.807) is 44.5 Å². The van der Waals surface area contributed by atoms with E-state index in [0.717, 1.165) is 17.9 Å². The topological polar surface area (TPSA) is 80.3 Å². The summed E-state index contributed by atoms with van der Waals surface area (Å²) in [6.45, 7) is 3.51. The number of ether oxygens (including phenoxy) is 3. The lowest BCUT2D eigenvalue weighted by molar-refractivity contribution is -0.159. The summed E-state index contributed by atoms with van der Waals surface area (Å²) in [7, 11) is 0.676. The SMILES string of the molecule is CO[C@@H](C1SCCCS1)[C@@H]1OC(C)(C)O[C@H]1C(=O)CP(=O)(OC)OC. The van der Waals surface area contributed by atoms with Gasteiger partial charge < -0.3 is 23.3 Å². The van der Waals surface area contributed by atoms with Gasteiger partial charge in [0.15, 0.2) is 11.6 Å². The Balaban J connectivity index is 2.18. The van der Waals surface area contributed by atoms with Gasteiger partial charge in [0, 0.05) is 21.3 Å². The van der Waals surface area contributed by atoms with E-state index >= 15 is 0 Å². The standard InChI is InChI=1S/C15H27O7PS2/c1-15(2)21-11(10(16)9-23(17,19-4)20-5)12(22-15)13(18-3)14-24-7-6-8-25-14/h11-14H,6-9H2,1-5H3/t11-,12+,13+/m0/s1. The molecule has 2 aliphatic heterocycles. The van der Waals surface area contributed by atoms with Gasteiger partial charge in [-0.05, 0) is 31.8 Å².